The second-order valence-corrected chi connectivity index (χ2v) is 7.70. The molecule has 0 bridgehead atoms. The highest BCUT2D eigenvalue weighted by Gasteiger charge is 2.10. The van der Waals surface area contributed by atoms with Crippen LogP contribution in [0.5, 0.6) is 11.5 Å². The number of hydrogen-bond donors (Lipinski definition) is 1. The maximum atomic E-state index is 12.3. The van der Waals surface area contributed by atoms with E-state index in [1.165, 1.54) is 11.8 Å². The van der Waals surface area contributed by atoms with Crippen molar-refractivity contribution in [2.24, 2.45) is 5.92 Å². The molecule has 1 heterocycles. The number of carbonyl (C=O) groups is 1. The predicted octanol–water partition coefficient (Wildman–Crippen LogP) is 4.29. The molecule has 1 amide bonds. The van der Waals surface area contributed by atoms with Gasteiger partial charge in [-0.25, -0.2) is 4.98 Å². The summed E-state index contributed by atoms with van der Waals surface area (Å²) in [6, 6.07) is 11.1. The predicted molar refractivity (Wildman–Crippen MR) is 111 cm³/mol. The SMILES string of the molecule is COc1cc(NC(=O)CCSc2nc(CC(C)C)ccc2C#N)cc(OC)c1. The summed E-state index contributed by atoms with van der Waals surface area (Å²) in [7, 11) is 3.12. The van der Waals surface area contributed by atoms with Crippen LogP contribution in [0.15, 0.2) is 35.4 Å². The van der Waals surface area contributed by atoms with Crippen LogP contribution in [0.2, 0.25) is 0 Å². The Bertz CT molecular complexity index is 840. The van der Waals surface area contributed by atoms with E-state index >= 15 is 0 Å². The van der Waals surface area contributed by atoms with Crippen molar-refractivity contribution in [1.82, 2.24) is 4.98 Å². The monoisotopic (exact) mass is 399 g/mol. The minimum atomic E-state index is -0.125. The number of amides is 1. The molecule has 0 saturated carbocycles. The maximum absolute atomic E-state index is 12.3. The minimum Gasteiger partial charge on any atom is -0.497 e. The van der Waals surface area contributed by atoms with Crippen LogP contribution in [0.4, 0.5) is 5.69 Å². The van der Waals surface area contributed by atoms with Crippen LogP contribution in [-0.2, 0) is 11.2 Å². The summed E-state index contributed by atoms with van der Waals surface area (Å²) in [4.78, 5) is 16.9. The lowest BCUT2D eigenvalue weighted by atomic mass is 10.1. The smallest absolute Gasteiger partial charge is 0.225 e. The van der Waals surface area contributed by atoms with E-state index in [0.29, 0.717) is 45.9 Å². The molecule has 0 atom stereocenters. The van der Waals surface area contributed by atoms with Gasteiger partial charge in [-0.05, 0) is 24.5 Å². The van der Waals surface area contributed by atoms with Crippen LogP contribution >= 0.6 is 11.8 Å². The van der Waals surface area contributed by atoms with Crippen molar-refractivity contribution in [3.05, 3.63) is 41.6 Å². The topological polar surface area (TPSA) is 84.2 Å². The summed E-state index contributed by atoms with van der Waals surface area (Å²) in [6.07, 6.45) is 1.16. The van der Waals surface area contributed by atoms with Gasteiger partial charge in [0.25, 0.3) is 0 Å². The lowest BCUT2D eigenvalue weighted by molar-refractivity contribution is -0.115. The van der Waals surface area contributed by atoms with E-state index < -0.39 is 0 Å². The van der Waals surface area contributed by atoms with E-state index in [-0.39, 0.29) is 5.91 Å². The molecular formula is C21H25N3O3S. The van der Waals surface area contributed by atoms with Crippen LogP contribution in [0.3, 0.4) is 0 Å². The number of benzene rings is 1. The van der Waals surface area contributed by atoms with Gasteiger partial charge in [0.2, 0.25) is 5.91 Å². The van der Waals surface area contributed by atoms with Gasteiger partial charge in [0.15, 0.2) is 0 Å². The zero-order valence-corrected chi connectivity index (χ0v) is 17.4. The van der Waals surface area contributed by atoms with Crippen molar-refractivity contribution in [3.8, 4) is 17.6 Å². The van der Waals surface area contributed by atoms with Crippen LogP contribution in [0.25, 0.3) is 0 Å². The maximum Gasteiger partial charge on any atom is 0.225 e. The third-order valence-electron chi connectivity index (χ3n) is 3.86. The van der Waals surface area contributed by atoms with Crippen molar-refractivity contribution in [2.45, 2.75) is 31.7 Å². The number of methoxy groups -OCH3 is 2. The first-order chi connectivity index (χ1) is 13.4. The van der Waals surface area contributed by atoms with Crippen molar-refractivity contribution in [2.75, 3.05) is 25.3 Å². The van der Waals surface area contributed by atoms with E-state index in [1.54, 1.807) is 38.5 Å². The van der Waals surface area contributed by atoms with Crippen molar-refractivity contribution in [3.63, 3.8) is 0 Å². The summed E-state index contributed by atoms with van der Waals surface area (Å²) in [5.41, 5.74) is 2.11. The van der Waals surface area contributed by atoms with E-state index in [2.05, 4.69) is 30.2 Å². The number of ether oxygens (including phenoxy) is 2. The number of thioether (sulfide) groups is 1. The number of pyridine rings is 1. The summed E-state index contributed by atoms with van der Waals surface area (Å²) in [6.45, 7) is 4.26. The molecule has 0 saturated heterocycles. The highest BCUT2D eigenvalue weighted by Crippen LogP contribution is 2.26. The summed E-state index contributed by atoms with van der Waals surface area (Å²) < 4.78 is 10.4. The lowest BCUT2D eigenvalue weighted by Gasteiger charge is -2.10. The normalized spacial score (nSPS) is 10.4. The number of rotatable bonds is 9. The molecule has 1 aromatic heterocycles. The second kappa shape index (κ2) is 10.6. The molecule has 1 aromatic carbocycles. The number of nitrogens with zero attached hydrogens (tertiary/aromatic N) is 2. The molecule has 0 spiro atoms. The highest BCUT2D eigenvalue weighted by atomic mass is 32.2. The fourth-order valence-electron chi connectivity index (χ4n) is 2.55. The molecule has 0 fully saturated rings. The number of nitriles is 1. The van der Waals surface area contributed by atoms with Crippen LogP contribution < -0.4 is 14.8 Å². The van der Waals surface area contributed by atoms with E-state index in [9.17, 15) is 10.1 Å². The Hall–Kier alpha value is -2.72. The average Bonchev–Trinajstić information content (AvgIpc) is 2.67. The number of nitrogens with one attached hydrogen (secondary N) is 1. The van der Waals surface area contributed by atoms with E-state index in [0.717, 1.165) is 12.1 Å². The Balaban J connectivity index is 1.96. The van der Waals surface area contributed by atoms with Gasteiger partial charge < -0.3 is 14.8 Å². The Morgan fingerprint density at radius 1 is 1.21 bits per heavy atom. The zero-order valence-electron chi connectivity index (χ0n) is 16.6. The summed E-state index contributed by atoms with van der Waals surface area (Å²) in [5, 5.41) is 12.8. The number of hydrogen-bond acceptors (Lipinski definition) is 6. The fourth-order valence-corrected chi connectivity index (χ4v) is 3.48. The quantitative estimate of drug-likeness (QED) is 0.633. The fraction of sp³-hybridized carbons (Fsp3) is 0.381. The molecule has 0 radical (unpaired) electrons. The first-order valence-corrected chi connectivity index (χ1v) is 9.99. The van der Waals surface area contributed by atoms with Crippen LogP contribution in [0, 0.1) is 17.2 Å². The molecule has 0 aliphatic rings. The van der Waals surface area contributed by atoms with Gasteiger partial charge in [0.1, 0.15) is 22.6 Å². The van der Waals surface area contributed by atoms with Crippen molar-refractivity contribution >= 4 is 23.4 Å². The molecule has 7 heteroatoms. The standard InChI is InChI=1S/C21H25N3O3S/c1-14(2)9-16-6-5-15(13-22)21(24-16)28-8-7-20(25)23-17-10-18(26-3)12-19(11-17)27-4/h5-6,10-12,14H,7-9H2,1-4H3,(H,23,25). The first-order valence-electron chi connectivity index (χ1n) is 9.01. The zero-order chi connectivity index (χ0) is 20.5. The molecule has 0 unspecified atom stereocenters. The number of carbonyl (C=O) groups excluding carboxylic acids is 1. The van der Waals surface area contributed by atoms with Crippen LogP contribution in [-0.4, -0.2) is 30.9 Å². The average molecular weight is 400 g/mol. The molecule has 2 rings (SSSR count). The first kappa shape index (κ1) is 21.6. The summed E-state index contributed by atoms with van der Waals surface area (Å²) in [5.74, 6) is 2.10. The Labute approximate surface area is 170 Å². The van der Waals surface area contributed by atoms with Gasteiger partial charge >= 0.3 is 0 Å². The molecular weight excluding hydrogens is 374 g/mol. The van der Waals surface area contributed by atoms with Gasteiger partial charge in [0.05, 0.1) is 19.8 Å². The molecule has 0 aliphatic heterocycles. The van der Waals surface area contributed by atoms with Crippen molar-refractivity contribution < 1.29 is 14.3 Å². The van der Waals surface area contributed by atoms with Crippen LogP contribution in [0.1, 0.15) is 31.5 Å². The van der Waals surface area contributed by atoms with Gasteiger partial charge in [-0.3, -0.25) is 4.79 Å². The third-order valence-corrected chi connectivity index (χ3v) is 4.85. The lowest BCUT2D eigenvalue weighted by Crippen LogP contribution is -2.12. The molecule has 148 valence electrons. The minimum absolute atomic E-state index is 0.125. The van der Waals surface area contributed by atoms with Gasteiger partial charge in [-0.2, -0.15) is 5.26 Å². The number of aromatic nitrogens is 1. The van der Waals surface area contributed by atoms with Gasteiger partial charge in [-0.1, -0.05) is 13.8 Å². The largest absolute Gasteiger partial charge is 0.497 e. The van der Waals surface area contributed by atoms with Crippen molar-refractivity contribution in [1.29, 1.82) is 5.26 Å². The van der Waals surface area contributed by atoms with E-state index in [4.69, 9.17) is 9.47 Å². The molecule has 0 aliphatic carbocycles. The third kappa shape index (κ3) is 6.46. The molecule has 6 nitrogen and oxygen atoms in total. The Kier molecular flexibility index (Phi) is 8.15. The second-order valence-electron chi connectivity index (χ2n) is 6.61. The Morgan fingerprint density at radius 2 is 1.89 bits per heavy atom. The molecule has 2 aromatic rings. The summed E-state index contributed by atoms with van der Waals surface area (Å²) >= 11 is 1.42. The Morgan fingerprint density at radius 3 is 2.46 bits per heavy atom. The highest BCUT2D eigenvalue weighted by molar-refractivity contribution is 7.99. The van der Waals surface area contributed by atoms with Gasteiger partial charge in [0, 0.05) is 41.8 Å². The number of anilines is 1. The van der Waals surface area contributed by atoms with E-state index in [1.807, 2.05) is 6.07 Å². The molecule has 1 N–H and O–H groups in total. The van der Waals surface area contributed by atoms with Gasteiger partial charge in [-0.15, -0.1) is 11.8 Å². The molecule has 28 heavy (non-hydrogen) atoms.